The molecule has 1 fully saturated rings. The molecule has 0 spiro atoms. The van der Waals surface area contributed by atoms with Gasteiger partial charge in [-0.2, -0.15) is 8.42 Å². The summed E-state index contributed by atoms with van der Waals surface area (Å²) in [6.07, 6.45) is -6.53. The lowest BCUT2D eigenvalue weighted by atomic mass is 10.00. The van der Waals surface area contributed by atoms with Gasteiger partial charge in [0, 0.05) is 0 Å². The first-order valence-electron chi connectivity index (χ1n) is 6.42. The molecule has 1 heterocycles. The van der Waals surface area contributed by atoms with Gasteiger partial charge in [0.2, 0.25) is 0 Å². The lowest BCUT2D eigenvalue weighted by Gasteiger charge is -2.40. The van der Waals surface area contributed by atoms with Crippen molar-refractivity contribution in [3.8, 4) is 0 Å². The fourth-order valence-electron chi connectivity index (χ4n) is 1.78. The third kappa shape index (κ3) is 4.92. The molecule has 0 radical (unpaired) electrons. The van der Waals surface area contributed by atoms with Crippen LogP contribution in [0.5, 0.6) is 0 Å². The predicted molar refractivity (Wildman–Crippen MR) is 68.5 cm³/mol. The smallest absolute Gasteiger partial charge is 0.267 e. The van der Waals surface area contributed by atoms with Crippen LogP contribution in [-0.4, -0.2) is 71.4 Å². The van der Waals surface area contributed by atoms with E-state index in [4.69, 9.17) is 14.0 Å². The lowest BCUT2D eigenvalue weighted by molar-refractivity contribution is -0.294. The zero-order valence-corrected chi connectivity index (χ0v) is 12.2. The summed E-state index contributed by atoms with van der Waals surface area (Å²) < 4.78 is 40.9. The number of aliphatic hydroxyl groups excluding tert-OH is 3. The number of aliphatic hydroxyl groups is 3. The number of ether oxygens (including phenoxy) is 2. The molecule has 120 valence electrons. The molecule has 0 aromatic heterocycles. The SMILES string of the molecule is CCC(C)COC1OC(CS(=O)(=O)O)C(O)C(O)C1O. The van der Waals surface area contributed by atoms with E-state index in [9.17, 15) is 23.7 Å². The van der Waals surface area contributed by atoms with Crippen molar-refractivity contribution < 1.29 is 37.8 Å². The Bertz CT molecular complexity index is 397. The molecule has 1 rings (SSSR count). The zero-order valence-electron chi connectivity index (χ0n) is 11.4. The molecular weight excluding hydrogens is 292 g/mol. The molecule has 0 amide bonds. The lowest BCUT2D eigenvalue weighted by Crippen LogP contribution is -2.59. The molecule has 1 saturated heterocycles. The molecule has 1 aliphatic rings. The highest BCUT2D eigenvalue weighted by molar-refractivity contribution is 7.85. The van der Waals surface area contributed by atoms with Gasteiger partial charge in [-0.1, -0.05) is 20.3 Å². The van der Waals surface area contributed by atoms with E-state index >= 15 is 0 Å². The first kappa shape index (κ1) is 17.8. The van der Waals surface area contributed by atoms with Crippen molar-refractivity contribution >= 4 is 10.1 Å². The minimum Gasteiger partial charge on any atom is -0.388 e. The summed E-state index contributed by atoms with van der Waals surface area (Å²) in [6, 6.07) is 0. The van der Waals surface area contributed by atoms with Crippen LogP contribution in [0.3, 0.4) is 0 Å². The van der Waals surface area contributed by atoms with Crippen LogP contribution in [0.4, 0.5) is 0 Å². The summed E-state index contributed by atoms with van der Waals surface area (Å²) in [6.45, 7) is 4.11. The third-order valence-corrected chi connectivity index (χ3v) is 4.04. The Kier molecular flexibility index (Phi) is 6.32. The fraction of sp³-hybridized carbons (Fsp3) is 1.00. The maximum Gasteiger partial charge on any atom is 0.267 e. The van der Waals surface area contributed by atoms with Crippen LogP contribution in [0.25, 0.3) is 0 Å². The molecular formula is C11H22O8S. The van der Waals surface area contributed by atoms with Crippen molar-refractivity contribution in [2.75, 3.05) is 12.4 Å². The maximum atomic E-state index is 10.8. The average molecular weight is 314 g/mol. The molecule has 4 N–H and O–H groups in total. The van der Waals surface area contributed by atoms with E-state index in [1.54, 1.807) is 0 Å². The van der Waals surface area contributed by atoms with Crippen molar-refractivity contribution in [2.24, 2.45) is 5.92 Å². The summed E-state index contributed by atoms with van der Waals surface area (Å²) in [7, 11) is -4.39. The van der Waals surface area contributed by atoms with E-state index in [0.717, 1.165) is 6.42 Å². The second-order valence-electron chi connectivity index (χ2n) is 5.11. The van der Waals surface area contributed by atoms with Crippen molar-refractivity contribution in [1.82, 2.24) is 0 Å². The second kappa shape index (κ2) is 7.12. The van der Waals surface area contributed by atoms with E-state index in [1.807, 2.05) is 13.8 Å². The Hall–Kier alpha value is -0.290. The highest BCUT2D eigenvalue weighted by Gasteiger charge is 2.45. The molecule has 0 saturated carbocycles. The first-order chi connectivity index (χ1) is 9.15. The third-order valence-electron chi connectivity index (χ3n) is 3.29. The Labute approximate surface area is 118 Å². The summed E-state index contributed by atoms with van der Waals surface area (Å²) in [5, 5.41) is 29.1. The van der Waals surface area contributed by atoms with Crippen molar-refractivity contribution in [3.63, 3.8) is 0 Å². The standard InChI is InChI=1S/C11H22O8S/c1-3-6(2)4-18-11-10(14)9(13)8(12)7(19-11)5-20(15,16)17/h6-14H,3-5H2,1-2H3,(H,15,16,17). The molecule has 0 aromatic rings. The highest BCUT2D eigenvalue weighted by Crippen LogP contribution is 2.23. The Morgan fingerprint density at radius 3 is 2.30 bits per heavy atom. The number of hydrogen-bond acceptors (Lipinski definition) is 7. The summed E-state index contributed by atoms with van der Waals surface area (Å²) in [5.74, 6) is -0.698. The summed E-state index contributed by atoms with van der Waals surface area (Å²) in [4.78, 5) is 0. The molecule has 1 aliphatic heterocycles. The van der Waals surface area contributed by atoms with Gasteiger partial charge in [-0.05, 0) is 5.92 Å². The zero-order chi connectivity index (χ0) is 15.5. The van der Waals surface area contributed by atoms with Crippen LogP contribution in [0.1, 0.15) is 20.3 Å². The van der Waals surface area contributed by atoms with E-state index in [0.29, 0.717) is 0 Å². The molecule has 0 aromatic carbocycles. The normalized spacial score (nSPS) is 36.8. The molecule has 0 bridgehead atoms. The predicted octanol–water partition coefficient (Wildman–Crippen LogP) is -1.26. The fourth-order valence-corrected chi connectivity index (χ4v) is 2.47. The van der Waals surface area contributed by atoms with Gasteiger partial charge in [-0.25, -0.2) is 0 Å². The minimum atomic E-state index is -4.39. The summed E-state index contributed by atoms with van der Waals surface area (Å²) >= 11 is 0. The quantitative estimate of drug-likeness (QED) is 0.447. The molecule has 6 atom stereocenters. The van der Waals surface area contributed by atoms with Crippen LogP contribution in [0, 0.1) is 5.92 Å². The van der Waals surface area contributed by atoms with Crippen LogP contribution >= 0.6 is 0 Å². The molecule has 9 heteroatoms. The Balaban J connectivity index is 2.70. The van der Waals surface area contributed by atoms with Gasteiger partial charge in [0.05, 0.1) is 6.61 Å². The Morgan fingerprint density at radius 2 is 1.80 bits per heavy atom. The van der Waals surface area contributed by atoms with Crippen molar-refractivity contribution in [2.45, 2.75) is 51.0 Å². The molecule has 6 unspecified atom stereocenters. The van der Waals surface area contributed by atoms with Crippen LogP contribution in [0.2, 0.25) is 0 Å². The van der Waals surface area contributed by atoms with Crippen LogP contribution in [-0.2, 0) is 19.6 Å². The highest BCUT2D eigenvalue weighted by atomic mass is 32.2. The number of rotatable bonds is 6. The van der Waals surface area contributed by atoms with Gasteiger partial charge in [-0.3, -0.25) is 4.55 Å². The molecule has 8 nitrogen and oxygen atoms in total. The minimum absolute atomic E-state index is 0.190. The topological polar surface area (TPSA) is 134 Å². The van der Waals surface area contributed by atoms with Gasteiger partial charge in [0.15, 0.2) is 6.29 Å². The van der Waals surface area contributed by atoms with Gasteiger partial charge in [0.1, 0.15) is 30.2 Å². The van der Waals surface area contributed by atoms with Gasteiger partial charge in [-0.15, -0.1) is 0 Å². The maximum absolute atomic E-state index is 10.8. The number of hydrogen-bond donors (Lipinski definition) is 4. The van der Waals surface area contributed by atoms with E-state index in [1.165, 1.54) is 0 Å². The van der Waals surface area contributed by atoms with E-state index in [2.05, 4.69) is 0 Å². The van der Waals surface area contributed by atoms with E-state index in [-0.39, 0.29) is 12.5 Å². The monoisotopic (exact) mass is 314 g/mol. The molecule has 0 aliphatic carbocycles. The summed E-state index contributed by atoms with van der Waals surface area (Å²) in [5.41, 5.74) is 0. The van der Waals surface area contributed by atoms with Gasteiger partial charge in [0.25, 0.3) is 10.1 Å². The van der Waals surface area contributed by atoms with Crippen LogP contribution in [0.15, 0.2) is 0 Å². The largest absolute Gasteiger partial charge is 0.388 e. The Morgan fingerprint density at radius 1 is 1.20 bits per heavy atom. The van der Waals surface area contributed by atoms with Gasteiger partial charge < -0.3 is 24.8 Å². The van der Waals surface area contributed by atoms with Crippen molar-refractivity contribution in [1.29, 1.82) is 0 Å². The van der Waals surface area contributed by atoms with E-state index < -0.39 is 46.6 Å². The second-order valence-corrected chi connectivity index (χ2v) is 6.61. The van der Waals surface area contributed by atoms with Crippen LogP contribution < -0.4 is 0 Å². The first-order valence-corrected chi connectivity index (χ1v) is 8.03. The average Bonchev–Trinajstić information content (AvgIpc) is 2.36. The molecule has 20 heavy (non-hydrogen) atoms. The van der Waals surface area contributed by atoms with Gasteiger partial charge >= 0.3 is 0 Å². The van der Waals surface area contributed by atoms with Crippen molar-refractivity contribution in [3.05, 3.63) is 0 Å².